The van der Waals surface area contributed by atoms with E-state index in [0.717, 1.165) is 4.52 Å². The number of aromatic nitrogens is 4. The van der Waals surface area contributed by atoms with Crippen LogP contribution < -0.4 is 10.1 Å². The summed E-state index contributed by atoms with van der Waals surface area (Å²) in [5.74, 6) is -0.369. The summed E-state index contributed by atoms with van der Waals surface area (Å²) >= 11 is 0. The first-order valence-electron chi connectivity index (χ1n) is 9.05. The number of phenolic OH excluding ortho intramolecular Hbond substituents is 1. The van der Waals surface area contributed by atoms with E-state index in [1.165, 1.54) is 24.5 Å². The first kappa shape index (κ1) is 19.8. The molecule has 3 N–H and O–H groups in total. The van der Waals surface area contributed by atoms with E-state index in [1.54, 1.807) is 38.3 Å². The van der Waals surface area contributed by atoms with E-state index in [-0.39, 0.29) is 28.7 Å². The van der Waals surface area contributed by atoms with Crippen molar-refractivity contribution in [2.75, 3.05) is 12.4 Å². The van der Waals surface area contributed by atoms with Gasteiger partial charge in [-0.1, -0.05) is 0 Å². The molecule has 1 amide bonds. The quantitative estimate of drug-likeness (QED) is 0.419. The molecular weight excluding hydrogens is 402 g/mol. The highest BCUT2D eigenvalue weighted by Gasteiger charge is 2.19. The van der Waals surface area contributed by atoms with E-state index in [2.05, 4.69) is 30.6 Å². The standard InChI is InChI=1S/C20H17N7O4/c1-11-17(19(30)27-20(23-11)21-10-22-27)24-18(29)15-9-13(5-8-16(15)28)26-25-12-3-6-14(31-2)7-4-12/h3-10,28,30H,1-2H3,(H,24,29). The van der Waals surface area contributed by atoms with Gasteiger partial charge in [0.15, 0.2) is 0 Å². The van der Waals surface area contributed by atoms with Crippen molar-refractivity contribution in [2.45, 2.75) is 6.92 Å². The van der Waals surface area contributed by atoms with Crippen LogP contribution in [0.4, 0.5) is 17.1 Å². The number of rotatable bonds is 5. The molecule has 11 nitrogen and oxygen atoms in total. The van der Waals surface area contributed by atoms with Gasteiger partial charge in [-0.25, -0.2) is 4.98 Å². The third-order valence-electron chi connectivity index (χ3n) is 4.40. The molecule has 4 aromatic rings. The number of carbonyl (C=O) groups is 1. The van der Waals surface area contributed by atoms with E-state index in [0.29, 0.717) is 22.8 Å². The summed E-state index contributed by atoms with van der Waals surface area (Å²) in [5.41, 5.74) is 1.27. The number of nitrogens with one attached hydrogen (secondary N) is 1. The summed E-state index contributed by atoms with van der Waals surface area (Å²) in [6, 6.07) is 11.2. The van der Waals surface area contributed by atoms with Crippen LogP contribution in [0.3, 0.4) is 0 Å². The monoisotopic (exact) mass is 419 g/mol. The van der Waals surface area contributed by atoms with Gasteiger partial charge in [0.2, 0.25) is 5.88 Å². The smallest absolute Gasteiger partial charge is 0.259 e. The molecule has 0 aliphatic rings. The Hall–Kier alpha value is -4.54. The Morgan fingerprint density at radius 2 is 1.81 bits per heavy atom. The van der Waals surface area contributed by atoms with Crippen molar-refractivity contribution < 1.29 is 19.7 Å². The number of hydrogen-bond acceptors (Lipinski definition) is 9. The van der Waals surface area contributed by atoms with Crippen LogP contribution in [-0.4, -0.2) is 42.8 Å². The molecule has 0 atom stereocenters. The second-order valence-electron chi connectivity index (χ2n) is 6.42. The number of azo groups is 1. The highest BCUT2D eigenvalue weighted by atomic mass is 16.5. The minimum absolute atomic E-state index is 0.0488. The van der Waals surface area contributed by atoms with E-state index in [4.69, 9.17) is 4.74 Å². The average Bonchev–Trinajstić information content (AvgIpc) is 3.24. The van der Waals surface area contributed by atoms with Gasteiger partial charge in [0.1, 0.15) is 23.5 Å². The summed E-state index contributed by atoms with van der Waals surface area (Å²) in [6.45, 7) is 1.60. The zero-order valence-electron chi connectivity index (χ0n) is 16.5. The van der Waals surface area contributed by atoms with Gasteiger partial charge in [0.05, 0.1) is 29.7 Å². The lowest BCUT2D eigenvalue weighted by atomic mass is 10.1. The van der Waals surface area contributed by atoms with Gasteiger partial charge in [0, 0.05) is 0 Å². The van der Waals surface area contributed by atoms with Crippen LogP contribution in [0.2, 0.25) is 0 Å². The van der Waals surface area contributed by atoms with Gasteiger partial charge < -0.3 is 20.3 Å². The van der Waals surface area contributed by atoms with Crippen LogP contribution >= 0.6 is 0 Å². The van der Waals surface area contributed by atoms with Gasteiger partial charge in [0.25, 0.3) is 11.7 Å². The summed E-state index contributed by atoms with van der Waals surface area (Å²) < 4.78 is 6.18. The predicted octanol–water partition coefficient (Wildman–Crippen LogP) is 3.52. The van der Waals surface area contributed by atoms with Crippen LogP contribution in [0, 0.1) is 6.92 Å². The summed E-state index contributed by atoms with van der Waals surface area (Å²) in [7, 11) is 1.57. The van der Waals surface area contributed by atoms with Crippen molar-refractivity contribution in [2.24, 2.45) is 10.2 Å². The third kappa shape index (κ3) is 3.96. The lowest BCUT2D eigenvalue weighted by Gasteiger charge is -2.11. The van der Waals surface area contributed by atoms with Crippen LogP contribution in [0.5, 0.6) is 17.4 Å². The number of hydrogen-bond donors (Lipinski definition) is 3. The summed E-state index contributed by atoms with van der Waals surface area (Å²) in [4.78, 5) is 20.8. The molecule has 2 aromatic carbocycles. The molecule has 0 fully saturated rings. The normalized spacial score (nSPS) is 11.2. The topological polar surface area (TPSA) is 147 Å². The Kier molecular flexibility index (Phi) is 5.14. The molecular formula is C20H17N7O4. The molecule has 0 saturated heterocycles. The molecule has 0 aliphatic heterocycles. The number of aromatic hydroxyl groups is 2. The maximum absolute atomic E-state index is 12.8. The molecule has 156 valence electrons. The number of amides is 1. The Bertz CT molecular complexity index is 1300. The molecule has 0 saturated carbocycles. The van der Waals surface area contributed by atoms with Gasteiger partial charge in [-0.15, -0.1) is 0 Å². The Balaban J connectivity index is 1.59. The van der Waals surface area contributed by atoms with Gasteiger partial charge in [-0.2, -0.15) is 24.8 Å². The largest absolute Gasteiger partial charge is 0.507 e. The molecule has 11 heteroatoms. The zero-order valence-corrected chi connectivity index (χ0v) is 16.5. The third-order valence-corrected chi connectivity index (χ3v) is 4.40. The fourth-order valence-corrected chi connectivity index (χ4v) is 2.79. The van der Waals surface area contributed by atoms with Gasteiger partial charge in [-0.05, 0) is 49.4 Å². The van der Waals surface area contributed by atoms with E-state index >= 15 is 0 Å². The number of fused-ring (bicyclic) bond motifs is 1. The van der Waals surface area contributed by atoms with Gasteiger partial charge in [-0.3, -0.25) is 4.79 Å². The van der Waals surface area contributed by atoms with E-state index in [9.17, 15) is 15.0 Å². The molecule has 0 bridgehead atoms. The molecule has 0 unspecified atom stereocenters. The van der Waals surface area contributed by atoms with E-state index < -0.39 is 5.91 Å². The van der Waals surface area contributed by atoms with Crippen LogP contribution in [0.25, 0.3) is 5.78 Å². The maximum atomic E-state index is 12.8. The fourth-order valence-electron chi connectivity index (χ4n) is 2.79. The molecule has 2 heterocycles. The van der Waals surface area contributed by atoms with Crippen molar-refractivity contribution >= 4 is 28.7 Å². The summed E-state index contributed by atoms with van der Waals surface area (Å²) in [6.07, 6.45) is 1.23. The van der Waals surface area contributed by atoms with Crippen molar-refractivity contribution in [3.05, 3.63) is 60.0 Å². The second kappa shape index (κ2) is 8.06. The molecule has 0 aliphatic carbocycles. The maximum Gasteiger partial charge on any atom is 0.259 e. The van der Waals surface area contributed by atoms with Crippen LogP contribution in [0.1, 0.15) is 16.1 Å². The minimum Gasteiger partial charge on any atom is -0.507 e. The second-order valence-corrected chi connectivity index (χ2v) is 6.42. The highest BCUT2D eigenvalue weighted by Crippen LogP contribution is 2.29. The fraction of sp³-hybridized carbons (Fsp3) is 0.100. The lowest BCUT2D eigenvalue weighted by molar-refractivity contribution is 0.102. The Morgan fingerprint density at radius 1 is 1.10 bits per heavy atom. The first-order valence-corrected chi connectivity index (χ1v) is 9.05. The Morgan fingerprint density at radius 3 is 2.55 bits per heavy atom. The Labute approximate surface area is 175 Å². The summed E-state index contributed by atoms with van der Waals surface area (Å²) in [5, 5.41) is 35.1. The van der Waals surface area contributed by atoms with Crippen molar-refractivity contribution in [3.8, 4) is 17.4 Å². The SMILES string of the molecule is COc1ccc(N=Nc2ccc(O)c(C(=O)Nc3c(C)nc4ncnn4c3O)c2)cc1. The van der Waals surface area contributed by atoms with Crippen LogP contribution in [0.15, 0.2) is 59.0 Å². The predicted molar refractivity (Wildman–Crippen MR) is 110 cm³/mol. The molecule has 4 rings (SSSR count). The zero-order chi connectivity index (χ0) is 22.0. The molecule has 0 radical (unpaired) electrons. The number of anilines is 1. The van der Waals surface area contributed by atoms with Crippen LogP contribution in [-0.2, 0) is 0 Å². The highest BCUT2D eigenvalue weighted by molar-refractivity contribution is 6.07. The molecule has 2 aromatic heterocycles. The number of aryl methyl sites for hydroxylation is 1. The molecule has 0 spiro atoms. The number of nitrogens with zero attached hydrogens (tertiary/aromatic N) is 6. The number of ether oxygens (including phenoxy) is 1. The number of benzene rings is 2. The minimum atomic E-state index is -0.668. The lowest BCUT2D eigenvalue weighted by Crippen LogP contribution is -2.15. The number of methoxy groups -OCH3 is 1. The first-order chi connectivity index (χ1) is 15.0. The average molecular weight is 419 g/mol. The van der Waals surface area contributed by atoms with Gasteiger partial charge >= 0.3 is 0 Å². The van der Waals surface area contributed by atoms with Crippen molar-refractivity contribution in [1.29, 1.82) is 0 Å². The van der Waals surface area contributed by atoms with E-state index in [1.807, 2.05) is 0 Å². The number of carbonyl (C=O) groups excluding carboxylic acids is 1. The molecule has 31 heavy (non-hydrogen) atoms. The van der Waals surface area contributed by atoms with Crippen molar-refractivity contribution in [3.63, 3.8) is 0 Å². The van der Waals surface area contributed by atoms with Crippen molar-refractivity contribution in [1.82, 2.24) is 19.6 Å². The number of phenols is 1.